The molecule has 1 heterocycles. The van der Waals surface area contributed by atoms with E-state index in [-0.39, 0.29) is 5.82 Å². The average Bonchev–Trinajstić information content (AvgIpc) is 2.82. The van der Waals surface area contributed by atoms with Crippen molar-refractivity contribution in [1.82, 2.24) is 4.90 Å². The molecule has 1 unspecified atom stereocenters. The van der Waals surface area contributed by atoms with E-state index in [0.717, 1.165) is 12.3 Å². The molecule has 0 aromatic heterocycles. The number of benzene rings is 2. The molecule has 0 aliphatic carbocycles. The second-order valence-corrected chi connectivity index (χ2v) is 7.14. The molecule has 2 nitrogen and oxygen atoms in total. The summed E-state index contributed by atoms with van der Waals surface area (Å²) in [4.78, 5) is 2.59. The third-order valence-electron chi connectivity index (χ3n) is 5.21. The van der Waals surface area contributed by atoms with Gasteiger partial charge >= 0.3 is 0 Å². The summed E-state index contributed by atoms with van der Waals surface area (Å²) in [5, 5.41) is 0. The van der Waals surface area contributed by atoms with Crippen molar-refractivity contribution in [1.29, 1.82) is 0 Å². The summed E-state index contributed by atoms with van der Waals surface area (Å²) in [7, 11) is 0. The molecule has 25 heavy (non-hydrogen) atoms. The van der Waals surface area contributed by atoms with Crippen LogP contribution in [0.2, 0.25) is 0 Å². The zero-order valence-electron chi connectivity index (χ0n) is 15.3. The lowest BCUT2D eigenvalue weighted by molar-refractivity contribution is 0.202. The highest BCUT2D eigenvalue weighted by atomic mass is 19.1. The van der Waals surface area contributed by atoms with Gasteiger partial charge in [0.05, 0.1) is 0 Å². The molecule has 0 N–H and O–H groups in total. The summed E-state index contributed by atoms with van der Waals surface area (Å²) in [6.45, 7) is 6.77. The Labute approximate surface area is 150 Å². The van der Waals surface area contributed by atoms with Crippen LogP contribution in [-0.2, 0) is 13.2 Å². The van der Waals surface area contributed by atoms with Crippen molar-refractivity contribution >= 4 is 0 Å². The maximum Gasteiger partial charge on any atom is 0.126 e. The lowest BCUT2D eigenvalue weighted by Gasteiger charge is -2.27. The molecule has 1 aliphatic rings. The Bertz CT molecular complexity index is 700. The summed E-state index contributed by atoms with van der Waals surface area (Å²) in [6.07, 6.45) is 5.26. The quantitative estimate of drug-likeness (QED) is 0.714. The zero-order chi connectivity index (χ0) is 17.6. The Morgan fingerprint density at radius 2 is 1.88 bits per heavy atom. The molecular formula is C22H28FNO. The smallest absolute Gasteiger partial charge is 0.126 e. The molecule has 1 saturated heterocycles. The van der Waals surface area contributed by atoms with Gasteiger partial charge in [0, 0.05) is 12.6 Å². The normalized spacial score (nSPS) is 18.8. The van der Waals surface area contributed by atoms with Gasteiger partial charge in [0.15, 0.2) is 0 Å². The minimum atomic E-state index is -0.192. The van der Waals surface area contributed by atoms with Crippen LogP contribution in [0.4, 0.5) is 4.39 Å². The largest absolute Gasteiger partial charge is 0.489 e. The minimum absolute atomic E-state index is 0.192. The van der Waals surface area contributed by atoms with Crippen LogP contribution < -0.4 is 4.74 Å². The molecular weight excluding hydrogens is 313 g/mol. The summed E-state index contributed by atoms with van der Waals surface area (Å²) in [6, 6.07) is 14.1. The number of aryl methyl sites for hydroxylation is 1. The second kappa shape index (κ2) is 8.48. The van der Waals surface area contributed by atoms with Crippen molar-refractivity contribution in [2.75, 3.05) is 6.54 Å². The van der Waals surface area contributed by atoms with Crippen LogP contribution in [0.5, 0.6) is 5.75 Å². The van der Waals surface area contributed by atoms with E-state index in [1.165, 1.54) is 49.4 Å². The van der Waals surface area contributed by atoms with Gasteiger partial charge < -0.3 is 4.74 Å². The van der Waals surface area contributed by atoms with E-state index in [0.29, 0.717) is 18.2 Å². The summed E-state index contributed by atoms with van der Waals surface area (Å²) < 4.78 is 19.3. The first-order chi connectivity index (χ1) is 12.1. The fraction of sp³-hybridized carbons (Fsp3) is 0.455. The fourth-order valence-corrected chi connectivity index (χ4v) is 3.51. The number of ether oxygens (including phenoxy) is 1. The highest BCUT2D eigenvalue weighted by Crippen LogP contribution is 2.22. The van der Waals surface area contributed by atoms with Crippen molar-refractivity contribution in [2.45, 2.75) is 58.7 Å². The molecule has 1 fully saturated rings. The van der Waals surface area contributed by atoms with Crippen LogP contribution >= 0.6 is 0 Å². The van der Waals surface area contributed by atoms with Crippen molar-refractivity contribution in [3.05, 3.63) is 65.0 Å². The predicted octanol–water partition coefficient (Wildman–Crippen LogP) is 5.48. The number of nitrogens with zero attached hydrogens (tertiary/aromatic N) is 1. The number of hydrogen-bond acceptors (Lipinski definition) is 2. The Balaban J connectivity index is 1.68. The van der Waals surface area contributed by atoms with Gasteiger partial charge in [0.1, 0.15) is 18.2 Å². The molecule has 0 radical (unpaired) electrons. The molecule has 3 heteroatoms. The summed E-state index contributed by atoms with van der Waals surface area (Å²) in [5.74, 6) is 0.528. The fourth-order valence-electron chi connectivity index (χ4n) is 3.51. The molecule has 2 aromatic rings. The molecule has 3 rings (SSSR count). The van der Waals surface area contributed by atoms with Crippen LogP contribution in [0.1, 0.15) is 49.3 Å². The van der Waals surface area contributed by atoms with Gasteiger partial charge in [-0.3, -0.25) is 4.90 Å². The number of hydrogen-bond donors (Lipinski definition) is 0. The zero-order valence-corrected chi connectivity index (χ0v) is 15.3. The highest BCUT2D eigenvalue weighted by molar-refractivity contribution is 5.31. The van der Waals surface area contributed by atoms with Crippen molar-refractivity contribution in [3.8, 4) is 5.75 Å². The predicted molar refractivity (Wildman–Crippen MR) is 100 cm³/mol. The standard InChI is InChI=1S/C22H28FNO/c1-17-14-21(11-12-22(17)23)25-16-20-10-6-5-9-19(20)15-24-13-7-3-4-8-18(24)2/h5-6,9-12,14,18H,3-4,7-8,13,15-16H2,1-2H3. The van der Waals surface area contributed by atoms with Crippen LogP contribution in [0, 0.1) is 12.7 Å². The van der Waals surface area contributed by atoms with Gasteiger partial charge in [-0.05, 0) is 68.1 Å². The maximum absolute atomic E-state index is 13.4. The van der Waals surface area contributed by atoms with Crippen molar-refractivity contribution in [2.24, 2.45) is 0 Å². The Kier molecular flexibility index (Phi) is 6.09. The van der Waals surface area contributed by atoms with Gasteiger partial charge in [0.2, 0.25) is 0 Å². The van der Waals surface area contributed by atoms with E-state index in [4.69, 9.17) is 4.74 Å². The Morgan fingerprint density at radius 1 is 1.08 bits per heavy atom. The van der Waals surface area contributed by atoms with E-state index in [9.17, 15) is 4.39 Å². The first kappa shape index (κ1) is 17.9. The van der Waals surface area contributed by atoms with Gasteiger partial charge in [0.25, 0.3) is 0 Å². The number of likely N-dealkylation sites (tertiary alicyclic amines) is 1. The topological polar surface area (TPSA) is 12.5 Å². The maximum atomic E-state index is 13.4. The molecule has 0 saturated carbocycles. The SMILES string of the molecule is Cc1cc(OCc2ccccc2CN2CCCCCC2C)ccc1F. The van der Waals surface area contributed by atoms with E-state index in [1.54, 1.807) is 19.1 Å². The molecule has 134 valence electrons. The van der Waals surface area contributed by atoms with Gasteiger partial charge in [-0.15, -0.1) is 0 Å². The van der Waals surface area contributed by atoms with Crippen LogP contribution in [0.15, 0.2) is 42.5 Å². The van der Waals surface area contributed by atoms with E-state index in [2.05, 4.69) is 36.1 Å². The third-order valence-corrected chi connectivity index (χ3v) is 5.21. The molecule has 1 atom stereocenters. The Morgan fingerprint density at radius 3 is 2.68 bits per heavy atom. The first-order valence-electron chi connectivity index (χ1n) is 9.33. The van der Waals surface area contributed by atoms with Gasteiger partial charge in [-0.1, -0.05) is 37.1 Å². The second-order valence-electron chi connectivity index (χ2n) is 7.14. The van der Waals surface area contributed by atoms with E-state index in [1.807, 2.05) is 0 Å². The van der Waals surface area contributed by atoms with Crippen molar-refractivity contribution in [3.63, 3.8) is 0 Å². The minimum Gasteiger partial charge on any atom is -0.489 e. The van der Waals surface area contributed by atoms with Gasteiger partial charge in [-0.2, -0.15) is 0 Å². The van der Waals surface area contributed by atoms with Crippen LogP contribution in [-0.4, -0.2) is 17.5 Å². The molecule has 2 aromatic carbocycles. The molecule has 0 amide bonds. The number of rotatable bonds is 5. The monoisotopic (exact) mass is 341 g/mol. The van der Waals surface area contributed by atoms with Crippen LogP contribution in [0.25, 0.3) is 0 Å². The van der Waals surface area contributed by atoms with Crippen LogP contribution in [0.3, 0.4) is 0 Å². The van der Waals surface area contributed by atoms with Gasteiger partial charge in [-0.25, -0.2) is 4.39 Å². The molecule has 0 bridgehead atoms. The summed E-state index contributed by atoms with van der Waals surface area (Å²) >= 11 is 0. The lowest BCUT2D eigenvalue weighted by atomic mass is 10.1. The van der Waals surface area contributed by atoms with Crippen molar-refractivity contribution < 1.29 is 9.13 Å². The average molecular weight is 341 g/mol. The molecule has 1 aliphatic heterocycles. The summed E-state index contributed by atoms with van der Waals surface area (Å²) in [5.41, 5.74) is 3.15. The third kappa shape index (κ3) is 4.82. The van der Waals surface area contributed by atoms with E-state index >= 15 is 0 Å². The number of halogens is 1. The first-order valence-corrected chi connectivity index (χ1v) is 9.33. The highest BCUT2D eigenvalue weighted by Gasteiger charge is 2.18. The molecule has 0 spiro atoms. The Hall–Kier alpha value is -1.87. The lowest BCUT2D eigenvalue weighted by Crippen LogP contribution is -2.32. The van der Waals surface area contributed by atoms with E-state index < -0.39 is 0 Å².